The van der Waals surface area contributed by atoms with Crippen LogP contribution in [0.15, 0.2) is 30.2 Å². The maximum absolute atomic E-state index is 5.30. The monoisotopic (exact) mass is 263 g/mol. The third kappa shape index (κ3) is 1.76. The van der Waals surface area contributed by atoms with E-state index in [1.165, 1.54) is 0 Å². The predicted molar refractivity (Wildman–Crippen MR) is 70.3 cm³/mol. The summed E-state index contributed by atoms with van der Waals surface area (Å²) in [6.07, 6.45) is 7.71. The highest BCUT2D eigenvalue weighted by atomic mass is 32.2. The second-order valence-corrected chi connectivity index (χ2v) is 4.90. The molecule has 3 rings (SSSR count). The Morgan fingerprint density at radius 2 is 2.39 bits per heavy atom. The summed E-state index contributed by atoms with van der Waals surface area (Å²) in [4.78, 5) is 2.13. The SMILES string of the molecule is COc1nn(C)cc1N1C=CSC1c1cn[nH]c1. The van der Waals surface area contributed by atoms with Gasteiger partial charge in [0.15, 0.2) is 0 Å². The molecule has 2 aromatic rings. The molecule has 94 valence electrons. The Hall–Kier alpha value is -1.89. The molecule has 3 heterocycles. The number of aromatic amines is 1. The summed E-state index contributed by atoms with van der Waals surface area (Å²) in [5, 5.41) is 13.3. The van der Waals surface area contributed by atoms with Gasteiger partial charge in [0.25, 0.3) is 5.88 Å². The zero-order valence-corrected chi connectivity index (χ0v) is 10.9. The Morgan fingerprint density at radius 3 is 3.11 bits per heavy atom. The molecule has 1 aliphatic heterocycles. The maximum atomic E-state index is 5.30. The molecule has 0 aromatic carbocycles. The molecule has 0 saturated heterocycles. The smallest absolute Gasteiger partial charge is 0.256 e. The van der Waals surface area contributed by atoms with Crippen LogP contribution in [0.5, 0.6) is 5.88 Å². The standard InChI is InChI=1S/C11H13N5OS/c1-15-7-9(10(14-15)17-2)16-3-4-18-11(16)8-5-12-13-6-8/h3-7,11H,1-2H3,(H,12,13). The van der Waals surface area contributed by atoms with Gasteiger partial charge in [0.1, 0.15) is 11.1 Å². The molecule has 0 spiro atoms. The Balaban J connectivity index is 1.97. The van der Waals surface area contributed by atoms with Gasteiger partial charge in [-0.25, -0.2) is 0 Å². The van der Waals surface area contributed by atoms with Crippen LogP contribution in [0.1, 0.15) is 10.9 Å². The number of thioether (sulfide) groups is 1. The van der Waals surface area contributed by atoms with Gasteiger partial charge < -0.3 is 9.64 Å². The lowest BCUT2D eigenvalue weighted by Crippen LogP contribution is -2.16. The van der Waals surface area contributed by atoms with E-state index >= 15 is 0 Å². The lowest BCUT2D eigenvalue weighted by molar-refractivity contribution is 0.392. The Morgan fingerprint density at radius 1 is 1.50 bits per heavy atom. The van der Waals surface area contributed by atoms with Crippen molar-refractivity contribution >= 4 is 17.4 Å². The van der Waals surface area contributed by atoms with E-state index in [2.05, 4.69) is 25.6 Å². The number of ether oxygens (including phenoxy) is 1. The van der Waals surface area contributed by atoms with E-state index in [1.54, 1.807) is 23.6 Å². The normalized spacial score (nSPS) is 18.6. The van der Waals surface area contributed by atoms with Crippen molar-refractivity contribution in [3.63, 3.8) is 0 Å². The quantitative estimate of drug-likeness (QED) is 0.916. The van der Waals surface area contributed by atoms with Crippen molar-refractivity contribution in [2.75, 3.05) is 12.0 Å². The molecule has 0 fully saturated rings. The molecule has 1 aliphatic rings. The van der Waals surface area contributed by atoms with Crippen LogP contribution in [-0.4, -0.2) is 27.1 Å². The van der Waals surface area contributed by atoms with Crippen molar-refractivity contribution in [1.82, 2.24) is 20.0 Å². The van der Waals surface area contributed by atoms with Gasteiger partial charge in [0, 0.05) is 25.0 Å². The first-order valence-corrected chi connectivity index (χ1v) is 6.40. The third-order valence-corrected chi connectivity index (χ3v) is 3.77. The molecule has 0 aliphatic carbocycles. The maximum Gasteiger partial charge on any atom is 0.256 e. The van der Waals surface area contributed by atoms with Gasteiger partial charge in [-0.2, -0.15) is 5.10 Å². The van der Waals surface area contributed by atoms with Crippen LogP contribution in [0.3, 0.4) is 0 Å². The minimum atomic E-state index is 0.168. The highest BCUT2D eigenvalue weighted by Gasteiger charge is 2.27. The summed E-state index contributed by atoms with van der Waals surface area (Å²) in [7, 11) is 3.51. The number of hydrogen-bond acceptors (Lipinski definition) is 5. The van der Waals surface area contributed by atoms with Crippen LogP contribution in [0.4, 0.5) is 5.69 Å². The molecule has 0 bridgehead atoms. The summed E-state index contributed by atoms with van der Waals surface area (Å²) < 4.78 is 7.05. The van der Waals surface area contributed by atoms with E-state index in [-0.39, 0.29) is 5.37 Å². The highest BCUT2D eigenvalue weighted by Crippen LogP contribution is 2.44. The number of aryl methyl sites for hydroxylation is 1. The fourth-order valence-electron chi connectivity index (χ4n) is 1.94. The van der Waals surface area contributed by atoms with Crippen molar-refractivity contribution in [1.29, 1.82) is 0 Å². The zero-order valence-electron chi connectivity index (χ0n) is 10.1. The summed E-state index contributed by atoms with van der Waals surface area (Å²) in [6, 6.07) is 0. The molecular weight excluding hydrogens is 250 g/mol. The molecule has 18 heavy (non-hydrogen) atoms. The largest absolute Gasteiger partial charge is 0.478 e. The fourth-order valence-corrected chi connectivity index (χ4v) is 2.89. The lowest BCUT2D eigenvalue weighted by atomic mass is 10.3. The van der Waals surface area contributed by atoms with Crippen LogP contribution < -0.4 is 9.64 Å². The molecule has 7 heteroatoms. The van der Waals surface area contributed by atoms with E-state index in [9.17, 15) is 0 Å². The van der Waals surface area contributed by atoms with Crippen LogP contribution >= 0.6 is 11.8 Å². The average Bonchev–Trinajstić information content (AvgIpc) is 3.07. The summed E-state index contributed by atoms with van der Waals surface area (Å²) in [6.45, 7) is 0. The molecule has 1 atom stereocenters. The van der Waals surface area contributed by atoms with Crippen molar-refractivity contribution in [2.24, 2.45) is 7.05 Å². The second kappa shape index (κ2) is 4.41. The average molecular weight is 263 g/mol. The van der Waals surface area contributed by atoms with Crippen LogP contribution in [0, 0.1) is 0 Å². The Kier molecular flexibility index (Phi) is 2.75. The molecule has 1 unspecified atom stereocenters. The van der Waals surface area contributed by atoms with E-state index in [0.717, 1.165) is 11.3 Å². The topological polar surface area (TPSA) is 59.0 Å². The van der Waals surface area contributed by atoms with Crippen molar-refractivity contribution < 1.29 is 4.74 Å². The van der Waals surface area contributed by atoms with Crippen LogP contribution in [0.2, 0.25) is 0 Å². The minimum Gasteiger partial charge on any atom is -0.478 e. The molecule has 0 amide bonds. The van der Waals surface area contributed by atoms with Gasteiger partial charge in [-0.3, -0.25) is 9.78 Å². The minimum absolute atomic E-state index is 0.168. The van der Waals surface area contributed by atoms with E-state index < -0.39 is 0 Å². The molecule has 1 N–H and O–H groups in total. The van der Waals surface area contributed by atoms with Gasteiger partial charge in [0.05, 0.1) is 19.5 Å². The van der Waals surface area contributed by atoms with Gasteiger partial charge in [0.2, 0.25) is 0 Å². The fraction of sp³-hybridized carbons (Fsp3) is 0.273. The van der Waals surface area contributed by atoms with Crippen LogP contribution in [0.25, 0.3) is 0 Å². The van der Waals surface area contributed by atoms with Crippen molar-refractivity contribution in [3.05, 3.63) is 35.8 Å². The number of hydrogen-bond donors (Lipinski definition) is 1. The lowest BCUT2D eigenvalue weighted by Gasteiger charge is -2.22. The number of nitrogens with zero attached hydrogens (tertiary/aromatic N) is 4. The summed E-state index contributed by atoms with van der Waals surface area (Å²) >= 11 is 1.72. The number of aromatic nitrogens is 4. The number of anilines is 1. The molecule has 0 saturated carbocycles. The van der Waals surface area contributed by atoms with E-state index in [1.807, 2.05) is 31.8 Å². The predicted octanol–water partition coefficient (Wildman–Crippen LogP) is 1.87. The molecular formula is C11H13N5OS. The molecule has 6 nitrogen and oxygen atoms in total. The van der Waals surface area contributed by atoms with Crippen molar-refractivity contribution in [2.45, 2.75) is 5.37 Å². The van der Waals surface area contributed by atoms with Gasteiger partial charge in [-0.15, -0.1) is 16.9 Å². The number of nitrogens with one attached hydrogen (secondary N) is 1. The first kappa shape index (κ1) is 11.2. The molecule has 0 radical (unpaired) electrons. The summed E-state index contributed by atoms with van der Waals surface area (Å²) in [5.74, 6) is 0.623. The Labute approximate surface area is 109 Å². The zero-order chi connectivity index (χ0) is 12.5. The Bertz CT molecular complexity index is 562. The van der Waals surface area contributed by atoms with Gasteiger partial charge in [-0.05, 0) is 5.41 Å². The third-order valence-electron chi connectivity index (χ3n) is 2.73. The van der Waals surface area contributed by atoms with Gasteiger partial charge in [-0.1, -0.05) is 0 Å². The van der Waals surface area contributed by atoms with E-state index in [0.29, 0.717) is 5.88 Å². The second-order valence-electron chi connectivity index (χ2n) is 3.91. The first-order valence-electron chi connectivity index (χ1n) is 5.46. The number of H-pyrrole nitrogens is 1. The number of rotatable bonds is 3. The summed E-state index contributed by atoms with van der Waals surface area (Å²) in [5.41, 5.74) is 2.07. The molecule has 2 aromatic heterocycles. The first-order chi connectivity index (χ1) is 8.79. The van der Waals surface area contributed by atoms with Gasteiger partial charge >= 0.3 is 0 Å². The highest BCUT2D eigenvalue weighted by molar-refractivity contribution is 8.02. The van der Waals surface area contributed by atoms with E-state index in [4.69, 9.17) is 4.74 Å². The number of methoxy groups -OCH3 is 1. The van der Waals surface area contributed by atoms with Crippen LogP contribution in [-0.2, 0) is 7.05 Å². The van der Waals surface area contributed by atoms with Crippen molar-refractivity contribution in [3.8, 4) is 5.88 Å².